The minimum Gasteiger partial charge on any atom is -0.462 e. The third-order valence-electron chi connectivity index (χ3n) is 2.36. The second-order valence-corrected chi connectivity index (χ2v) is 3.49. The van der Waals surface area contributed by atoms with Crippen LogP contribution in [-0.4, -0.2) is 25.8 Å². The molecule has 1 saturated carbocycles. The summed E-state index contributed by atoms with van der Waals surface area (Å²) in [6.45, 7) is 0.464. The number of methoxy groups -OCH3 is 1. The minimum atomic E-state index is -0.117. The molecule has 0 amide bonds. The molecular formula is C10H18O3. The van der Waals surface area contributed by atoms with Crippen molar-refractivity contribution < 1.29 is 14.3 Å². The minimum absolute atomic E-state index is 0.117. The summed E-state index contributed by atoms with van der Waals surface area (Å²) in [6.07, 6.45) is 6.32. The number of carbonyl (C=O) groups is 1. The van der Waals surface area contributed by atoms with Crippen molar-refractivity contribution in [2.75, 3.05) is 13.7 Å². The highest BCUT2D eigenvalue weighted by molar-refractivity contribution is 5.69. The Hall–Kier alpha value is -0.570. The Labute approximate surface area is 79.4 Å². The molecule has 3 nitrogen and oxygen atoms in total. The zero-order chi connectivity index (χ0) is 9.52. The third-order valence-corrected chi connectivity index (χ3v) is 2.36. The molecule has 0 spiro atoms. The lowest BCUT2D eigenvalue weighted by Crippen LogP contribution is -2.21. The van der Waals surface area contributed by atoms with Crippen molar-refractivity contribution in [2.24, 2.45) is 0 Å². The predicted molar refractivity (Wildman–Crippen MR) is 49.5 cm³/mol. The fourth-order valence-corrected chi connectivity index (χ4v) is 1.61. The van der Waals surface area contributed by atoms with Crippen LogP contribution in [-0.2, 0) is 14.3 Å². The molecule has 0 heterocycles. The summed E-state index contributed by atoms with van der Waals surface area (Å²) < 4.78 is 10.1. The smallest absolute Gasteiger partial charge is 0.308 e. The fraction of sp³-hybridized carbons (Fsp3) is 0.900. The Bertz CT molecular complexity index is 150. The summed E-state index contributed by atoms with van der Waals surface area (Å²) in [5, 5.41) is 0. The zero-order valence-electron chi connectivity index (χ0n) is 8.25. The number of carbonyl (C=O) groups excluding carboxylic acids is 1. The molecule has 0 aromatic heterocycles. The van der Waals surface area contributed by atoms with Crippen molar-refractivity contribution in [3.8, 4) is 0 Å². The Morgan fingerprint density at radius 1 is 1.31 bits per heavy atom. The van der Waals surface area contributed by atoms with Gasteiger partial charge < -0.3 is 9.47 Å². The first kappa shape index (κ1) is 10.5. The van der Waals surface area contributed by atoms with E-state index in [0.717, 1.165) is 12.8 Å². The molecule has 0 radical (unpaired) electrons. The lowest BCUT2D eigenvalue weighted by atomic mass is 9.98. The Kier molecular flexibility index (Phi) is 4.83. The summed E-state index contributed by atoms with van der Waals surface area (Å²) >= 11 is 0. The van der Waals surface area contributed by atoms with Crippen molar-refractivity contribution in [2.45, 2.75) is 44.6 Å². The summed E-state index contributed by atoms with van der Waals surface area (Å²) in [5.41, 5.74) is 0. The Balaban J connectivity index is 2.11. The number of rotatable bonds is 4. The maximum Gasteiger partial charge on any atom is 0.308 e. The van der Waals surface area contributed by atoms with Crippen LogP contribution in [0.3, 0.4) is 0 Å². The van der Waals surface area contributed by atoms with E-state index in [0.29, 0.717) is 13.0 Å². The summed E-state index contributed by atoms with van der Waals surface area (Å²) in [5.74, 6) is -0.117. The molecule has 0 atom stereocenters. The molecule has 0 aromatic carbocycles. The zero-order valence-corrected chi connectivity index (χ0v) is 8.25. The largest absolute Gasteiger partial charge is 0.462 e. The van der Waals surface area contributed by atoms with Gasteiger partial charge in [-0.25, -0.2) is 0 Å². The maximum atomic E-state index is 11.2. The highest BCUT2D eigenvalue weighted by atomic mass is 16.5. The van der Waals surface area contributed by atoms with Crippen LogP contribution < -0.4 is 0 Å². The standard InChI is InChI=1S/C10H18O3/c1-12-8-7-10(11)13-9-5-3-2-4-6-9/h9H,2-8H2,1H3. The lowest BCUT2D eigenvalue weighted by molar-refractivity contribution is -0.151. The highest BCUT2D eigenvalue weighted by Gasteiger charge is 2.16. The van der Waals surface area contributed by atoms with Gasteiger partial charge in [0.25, 0.3) is 0 Å². The van der Waals surface area contributed by atoms with Crippen LogP contribution in [0.15, 0.2) is 0 Å². The number of esters is 1. The quantitative estimate of drug-likeness (QED) is 0.629. The molecule has 1 fully saturated rings. The first-order chi connectivity index (χ1) is 6.33. The third kappa shape index (κ3) is 4.27. The van der Waals surface area contributed by atoms with Crippen LogP contribution in [0.1, 0.15) is 38.5 Å². The number of ether oxygens (including phenoxy) is 2. The molecular weight excluding hydrogens is 168 g/mol. The Morgan fingerprint density at radius 3 is 2.62 bits per heavy atom. The van der Waals surface area contributed by atoms with Crippen molar-refractivity contribution in [3.05, 3.63) is 0 Å². The molecule has 0 bridgehead atoms. The summed E-state index contributed by atoms with van der Waals surface area (Å²) in [4.78, 5) is 11.2. The van der Waals surface area contributed by atoms with Gasteiger partial charge in [-0.05, 0) is 25.7 Å². The van der Waals surface area contributed by atoms with Crippen molar-refractivity contribution in [3.63, 3.8) is 0 Å². The van der Waals surface area contributed by atoms with Gasteiger partial charge in [-0.3, -0.25) is 4.79 Å². The van der Waals surface area contributed by atoms with Crippen LogP contribution in [0.25, 0.3) is 0 Å². The molecule has 1 rings (SSSR count). The first-order valence-electron chi connectivity index (χ1n) is 5.01. The Morgan fingerprint density at radius 2 is 2.00 bits per heavy atom. The van der Waals surface area contributed by atoms with Crippen LogP contribution in [0.2, 0.25) is 0 Å². The van der Waals surface area contributed by atoms with E-state index in [2.05, 4.69) is 0 Å². The van der Waals surface area contributed by atoms with Crippen LogP contribution in [0.4, 0.5) is 0 Å². The molecule has 3 heteroatoms. The van der Waals surface area contributed by atoms with E-state index in [4.69, 9.17) is 9.47 Å². The molecule has 0 N–H and O–H groups in total. The highest BCUT2D eigenvalue weighted by Crippen LogP contribution is 2.20. The monoisotopic (exact) mass is 186 g/mol. The molecule has 1 aliphatic rings. The summed E-state index contributed by atoms with van der Waals surface area (Å²) in [7, 11) is 1.59. The molecule has 0 aromatic rings. The summed E-state index contributed by atoms with van der Waals surface area (Å²) in [6, 6.07) is 0. The van der Waals surface area contributed by atoms with Gasteiger partial charge >= 0.3 is 5.97 Å². The molecule has 76 valence electrons. The fourth-order valence-electron chi connectivity index (χ4n) is 1.61. The first-order valence-corrected chi connectivity index (χ1v) is 5.01. The van der Waals surface area contributed by atoms with E-state index in [1.807, 2.05) is 0 Å². The lowest BCUT2D eigenvalue weighted by Gasteiger charge is -2.21. The average molecular weight is 186 g/mol. The van der Waals surface area contributed by atoms with E-state index in [-0.39, 0.29) is 12.1 Å². The molecule has 0 aliphatic heterocycles. The van der Waals surface area contributed by atoms with E-state index in [1.54, 1.807) is 7.11 Å². The molecule has 13 heavy (non-hydrogen) atoms. The van der Waals surface area contributed by atoms with Gasteiger partial charge in [0, 0.05) is 7.11 Å². The van der Waals surface area contributed by atoms with Gasteiger partial charge in [-0.1, -0.05) is 6.42 Å². The van der Waals surface area contributed by atoms with E-state index >= 15 is 0 Å². The second kappa shape index (κ2) is 5.97. The molecule has 0 saturated heterocycles. The normalized spacial score (nSPS) is 18.5. The molecule has 0 unspecified atom stereocenters. The topological polar surface area (TPSA) is 35.5 Å². The average Bonchev–Trinajstić information content (AvgIpc) is 2.16. The van der Waals surface area contributed by atoms with Gasteiger partial charge in [0.05, 0.1) is 13.0 Å². The van der Waals surface area contributed by atoms with Gasteiger partial charge in [0.2, 0.25) is 0 Å². The van der Waals surface area contributed by atoms with Gasteiger partial charge in [-0.2, -0.15) is 0 Å². The van der Waals surface area contributed by atoms with Crippen LogP contribution in [0, 0.1) is 0 Å². The SMILES string of the molecule is COCCC(=O)OC1CCCCC1. The van der Waals surface area contributed by atoms with Crippen LogP contribution >= 0.6 is 0 Å². The maximum absolute atomic E-state index is 11.2. The van der Waals surface area contributed by atoms with Gasteiger partial charge in [0.15, 0.2) is 0 Å². The van der Waals surface area contributed by atoms with Crippen LogP contribution in [0.5, 0.6) is 0 Å². The van der Waals surface area contributed by atoms with Crippen molar-refractivity contribution >= 4 is 5.97 Å². The van der Waals surface area contributed by atoms with Gasteiger partial charge in [0.1, 0.15) is 6.10 Å². The van der Waals surface area contributed by atoms with Crippen molar-refractivity contribution in [1.29, 1.82) is 0 Å². The van der Waals surface area contributed by atoms with Crippen molar-refractivity contribution in [1.82, 2.24) is 0 Å². The van der Waals surface area contributed by atoms with E-state index in [1.165, 1.54) is 19.3 Å². The van der Waals surface area contributed by atoms with E-state index < -0.39 is 0 Å². The molecule has 1 aliphatic carbocycles. The number of hydrogen-bond acceptors (Lipinski definition) is 3. The second-order valence-electron chi connectivity index (χ2n) is 3.49. The van der Waals surface area contributed by atoms with E-state index in [9.17, 15) is 4.79 Å². The predicted octanol–water partition coefficient (Wildman–Crippen LogP) is 1.90. The van der Waals surface area contributed by atoms with Gasteiger partial charge in [-0.15, -0.1) is 0 Å². The number of hydrogen-bond donors (Lipinski definition) is 0.